The molecule has 0 saturated heterocycles. The Morgan fingerprint density at radius 1 is 1.39 bits per heavy atom. The summed E-state index contributed by atoms with van der Waals surface area (Å²) in [5.74, 6) is 0.701. The predicted octanol–water partition coefficient (Wildman–Crippen LogP) is 3.27. The number of hydrogen-bond acceptors (Lipinski definition) is 2. The lowest BCUT2D eigenvalue weighted by Gasteiger charge is -2.11. The minimum Gasteiger partial charge on any atom is -0.292 e. The molecular weight excluding hydrogens is 316 g/mol. The standard InChI is InChI=1S/C13H12BrClN2O/c1-2-12-16-11(15)7-13(18)17(12)8-9-4-3-5-10(14)6-9/h3-7H,2,8H2,1H3. The second-order valence-electron chi connectivity index (χ2n) is 3.90. The maximum atomic E-state index is 11.9. The van der Waals surface area contributed by atoms with Gasteiger partial charge in [-0.15, -0.1) is 0 Å². The monoisotopic (exact) mass is 326 g/mol. The first kappa shape index (κ1) is 13.3. The molecule has 0 aliphatic rings. The summed E-state index contributed by atoms with van der Waals surface area (Å²) in [7, 11) is 0. The highest BCUT2D eigenvalue weighted by molar-refractivity contribution is 9.10. The molecule has 1 heterocycles. The number of nitrogens with zero attached hydrogens (tertiary/aromatic N) is 2. The maximum Gasteiger partial charge on any atom is 0.255 e. The highest BCUT2D eigenvalue weighted by atomic mass is 79.9. The smallest absolute Gasteiger partial charge is 0.255 e. The van der Waals surface area contributed by atoms with E-state index in [1.807, 2.05) is 31.2 Å². The van der Waals surface area contributed by atoms with Crippen molar-refractivity contribution >= 4 is 27.5 Å². The summed E-state index contributed by atoms with van der Waals surface area (Å²) < 4.78 is 2.64. The van der Waals surface area contributed by atoms with Crippen LogP contribution in [0.5, 0.6) is 0 Å². The quantitative estimate of drug-likeness (QED) is 0.811. The molecule has 0 N–H and O–H groups in total. The molecule has 0 saturated carbocycles. The third-order valence-electron chi connectivity index (χ3n) is 2.60. The molecule has 2 aromatic rings. The molecule has 0 unspecified atom stereocenters. The Morgan fingerprint density at radius 3 is 2.83 bits per heavy atom. The summed E-state index contributed by atoms with van der Waals surface area (Å²) in [6, 6.07) is 9.21. The van der Waals surface area contributed by atoms with Gasteiger partial charge in [-0.3, -0.25) is 9.36 Å². The van der Waals surface area contributed by atoms with Gasteiger partial charge in [-0.2, -0.15) is 0 Å². The molecule has 2 rings (SSSR count). The lowest BCUT2D eigenvalue weighted by atomic mass is 10.2. The largest absolute Gasteiger partial charge is 0.292 e. The predicted molar refractivity (Wildman–Crippen MR) is 76.1 cm³/mol. The van der Waals surface area contributed by atoms with E-state index in [9.17, 15) is 4.79 Å². The molecule has 0 amide bonds. The van der Waals surface area contributed by atoms with Crippen LogP contribution in [0, 0.1) is 0 Å². The van der Waals surface area contributed by atoms with Gasteiger partial charge in [-0.05, 0) is 17.7 Å². The van der Waals surface area contributed by atoms with Crippen molar-refractivity contribution in [1.82, 2.24) is 9.55 Å². The SMILES string of the molecule is CCc1nc(Cl)cc(=O)n1Cc1cccc(Br)c1. The van der Waals surface area contributed by atoms with Crippen molar-refractivity contribution in [1.29, 1.82) is 0 Å². The van der Waals surface area contributed by atoms with Gasteiger partial charge in [0.1, 0.15) is 11.0 Å². The molecule has 0 radical (unpaired) electrons. The summed E-state index contributed by atoms with van der Waals surface area (Å²) in [6.07, 6.45) is 0.670. The lowest BCUT2D eigenvalue weighted by molar-refractivity contribution is 0.674. The minimum absolute atomic E-state index is 0.119. The zero-order valence-electron chi connectivity index (χ0n) is 9.86. The van der Waals surface area contributed by atoms with E-state index in [1.54, 1.807) is 4.57 Å². The highest BCUT2D eigenvalue weighted by Crippen LogP contribution is 2.13. The van der Waals surface area contributed by atoms with E-state index < -0.39 is 0 Å². The molecule has 3 nitrogen and oxygen atoms in total. The Kier molecular flexibility index (Phi) is 4.19. The number of halogens is 2. The zero-order valence-corrected chi connectivity index (χ0v) is 12.2. The average molecular weight is 328 g/mol. The Labute approximate surface area is 119 Å². The third-order valence-corrected chi connectivity index (χ3v) is 3.29. The van der Waals surface area contributed by atoms with Crippen molar-refractivity contribution in [2.75, 3.05) is 0 Å². The summed E-state index contributed by atoms with van der Waals surface area (Å²) in [6.45, 7) is 2.46. The van der Waals surface area contributed by atoms with Crippen LogP contribution in [0.25, 0.3) is 0 Å². The fourth-order valence-electron chi connectivity index (χ4n) is 1.78. The summed E-state index contributed by atoms with van der Waals surface area (Å²) in [5, 5.41) is 0.252. The first-order valence-electron chi connectivity index (χ1n) is 5.61. The first-order chi connectivity index (χ1) is 8.60. The normalized spacial score (nSPS) is 10.6. The number of aromatic nitrogens is 2. The Morgan fingerprint density at radius 2 is 2.17 bits per heavy atom. The fraction of sp³-hybridized carbons (Fsp3) is 0.231. The molecule has 0 spiro atoms. The number of aryl methyl sites for hydroxylation is 1. The van der Waals surface area contributed by atoms with Gasteiger partial charge in [0.2, 0.25) is 0 Å². The highest BCUT2D eigenvalue weighted by Gasteiger charge is 2.07. The van der Waals surface area contributed by atoms with Crippen LogP contribution in [0.4, 0.5) is 0 Å². The minimum atomic E-state index is -0.119. The Bertz CT molecular complexity index is 625. The maximum absolute atomic E-state index is 11.9. The zero-order chi connectivity index (χ0) is 13.1. The Balaban J connectivity index is 2.43. The molecular formula is C13H12BrClN2O. The van der Waals surface area contributed by atoms with E-state index in [-0.39, 0.29) is 10.7 Å². The topological polar surface area (TPSA) is 34.9 Å². The molecule has 0 fully saturated rings. The van der Waals surface area contributed by atoms with Gasteiger partial charge in [0.25, 0.3) is 5.56 Å². The van der Waals surface area contributed by atoms with Crippen molar-refractivity contribution in [2.24, 2.45) is 0 Å². The molecule has 0 aliphatic heterocycles. The molecule has 1 aromatic carbocycles. The second-order valence-corrected chi connectivity index (χ2v) is 5.21. The summed E-state index contributed by atoms with van der Waals surface area (Å²) >= 11 is 9.21. The van der Waals surface area contributed by atoms with E-state index in [1.165, 1.54) is 6.07 Å². The van der Waals surface area contributed by atoms with Gasteiger partial charge < -0.3 is 0 Å². The van der Waals surface area contributed by atoms with Crippen LogP contribution in [0.1, 0.15) is 18.3 Å². The molecule has 0 aliphatic carbocycles. The van der Waals surface area contributed by atoms with Crippen LogP contribution in [-0.2, 0) is 13.0 Å². The van der Waals surface area contributed by atoms with Crippen molar-refractivity contribution < 1.29 is 0 Å². The summed E-state index contributed by atoms with van der Waals surface area (Å²) in [5.41, 5.74) is 0.928. The number of hydrogen-bond donors (Lipinski definition) is 0. The van der Waals surface area contributed by atoms with E-state index in [0.29, 0.717) is 18.8 Å². The second kappa shape index (κ2) is 5.67. The van der Waals surface area contributed by atoms with Crippen molar-refractivity contribution in [3.8, 4) is 0 Å². The number of benzene rings is 1. The van der Waals surface area contributed by atoms with Gasteiger partial charge in [-0.25, -0.2) is 4.98 Å². The molecule has 0 atom stereocenters. The van der Waals surface area contributed by atoms with Gasteiger partial charge in [0.15, 0.2) is 0 Å². The molecule has 5 heteroatoms. The van der Waals surface area contributed by atoms with Crippen LogP contribution in [0.15, 0.2) is 39.6 Å². The van der Waals surface area contributed by atoms with Crippen LogP contribution in [0.3, 0.4) is 0 Å². The van der Waals surface area contributed by atoms with Gasteiger partial charge in [0, 0.05) is 17.0 Å². The molecule has 18 heavy (non-hydrogen) atoms. The molecule has 94 valence electrons. The van der Waals surface area contributed by atoms with Crippen LogP contribution >= 0.6 is 27.5 Å². The molecule has 1 aromatic heterocycles. The Hall–Kier alpha value is -1.13. The van der Waals surface area contributed by atoms with Crippen LogP contribution < -0.4 is 5.56 Å². The van der Waals surface area contributed by atoms with E-state index in [0.717, 1.165) is 10.0 Å². The third kappa shape index (κ3) is 3.00. The van der Waals surface area contributed by atoms with Crippen molar-refractivity contribution in [2.45, 2.75) is 19.9 Å². The van der Waals surface area contributed by atoms with Gasteiger partial charge >= 0.3 is 0 Å². The van der Waals surface area contributed by atoms with E-state index in [4.69, 9.17) is 11.6 Å². The van der Waals surface area contributed by atoms with Crippen molar-refractivity contribution in [3.05, 3.63) is 61.7 Å². The van der Waals surface area contributed by atoms with Gasteiger partial charge in [-0.1, -0.05) is 46.6 Å². The van der Waals surface area contributed by atoms with Crippen molar-refractivity contribution in [3.63, 3.8) is 0 Å². The lowest BCUT2D eigenvalue weighted by Crippen LogP contribution is -2.24. The van der Waals surface area contributed by atoms with Crippen LogP contribution in [-0.4, -0.2) is 9.55 Å². The first-order valence-corrected chi connectivity index (χ1v) is 6.78. The van der Waals surface area contributed by atoms with Gasteiger partial charge in [0.05, 0.1) is 6.54 Å². The average Bonchev–Trinajstić information content (AvgIpc) is 2.32. The van der Waals surface area contributed by atoms with E-state index >= 15 is 0 Å². The van der Waals surface area contributed by atoms with Crippen LogP contribution in [0.2, 0.25) is 5.15 Å². The summed E-state index contributed by atoms with van der Waals surface area (Å²) in [4.78, 5) is 16.1. The molecule has 0 bridgehead atoms. The number of rotatable bonds is 3. The van der Waals surface area contributed by atoms with E-state index in [2.05, 4.69) is 20.9 Å². The fourth-order valence-corrected chi connectivity index (χ4v) is 2.42.